The van der Waals surface area contributed by atoms with E-state index in [-0.39, 0.29) is 22.8 Å². The Hall–Kier alpha value is -2.95. The lowest BCUT2D eigenvalue weighted by Gasteiger charge is -2.60. The van der Waals surface area contributed by atoms with Gasteiger partial charge in [-0.15, -0.1) is 0 Å². The standard InChI is InChI=1S/C26H28N4O/c1-15-28-21-12-18-13-23-25(2,3)26(4,19(18)14-22(21)29-15)8-10-30(23)24(31)17-5-6-20-16(11-17)7-9-27-20/h5-6,9,11-12,14,23H,7-8,10,13H2,1-4H3,(H,28,29)/t23-,26-/m0/s1. The van der Waals surface area contributed by atoms with Gasteiger partial charge in [-0.3, -0.25) is 9.79 Å². The molecule has 2 bridgehead atoms. The molecule has 158 valence electrons. The lowest BCUT2D eigenvalue weighted by molar-refractivity contribution is -0.0261. The summed E-state index contributed by atoms with van der Waals surface area (Å²) in [5.74, 6) is 1.10. The second kappa shape index (κ2) is 6.06. The van der Waals surface area contributed by atoms with Crippen molar-refractivity contribution in [3.8, 4) is 0 Å². The number of H-pyrrole nitrogens is 1. The highest BCUT2D eigenvalue weighted by Gasteiger charge is 2.57. The van der Waals surface area contributed by atoms with Crippen LogP contribution in [0, 0.1) is 12.3 Å². The van der Waals surface area contributed by atoms with E-state index in [2.05, 4.69) is 52.8 Å². The predicted molar refractivity (Wildman–Crippen MR) is 123 cm³/mol. The van der Waals surface area contributed by atoms with E-state index in [9.17, 15) is 4.79 Å². The third kappa shape index (κ3) is 2.46. The van der Waals surface area contributed by atoms with E-state index in [0.29, 0.717) is 0 Å². The fraction of sp³-hybridized carbons (Fsp3) is 0.423. The first-order chi connectivity index (χ1) is 14.8. The zero-order chi connectivity index (χ0) is 21.5. The smallest absolute Gasteiger partial charge is 0.254 e. The lowest BCUT2D eigenvalue weighted by atomic mass is 9.51. The maximum absolute atomic E-state index is 13.7. The van der Waals surface area contributed by atoms with Gasteiger partial charge in [0.25, 0.3) is 5.91 Å². The monoisotopic (exact) mass is 412 g/mol. The number of aryl methyl sites for hydroxylation is 1. The number of imidazole rings is 1. The Bertz CT molecular complexity index is 1280. The molecule has 1 fully saturated rings. The molecular formula is C26H28N4O. The fourth-order valence-corrected chi connectivity index (χ4v) is 6.21. The molecule has 31 heavy (non-hydrogen) atoms. The highest BCUT2D eigenvalue weighted by Crippen LogP contribution is 2.56. The minimum absolute atomic E-state index is 0.00878. The van der Waals surface area contributed by atoms with Crippen molar-refractivity contribution in [2.75, 3.05) is 6.54 Å². The van der Waals surface area contributed by atoms with Crippen molar-refractivity contribution in [2.45, 2.75) is 58.4 Å². The Morgan fingerprint density at radius 1 is 1.16 bits per heavy atom. The number of hydrogen-bond acceptors (Lipinski definition) is 3. The fourth-order valence-electron chi connectivity index (χ4n) is 6.21. The van der Waals surface area contributed by atoms with Gasteiger partial charge in [0.2, 0.25) is 0 Å². The van der Waals surface area contributed by atoms with Crippen molar-refractivity contribution in [2.24, 2.45) is 10.4 Å². The number of hydrogen-bond donors (Lipinski definition) is 1. The van der Waals surface area contributed by atoms with E-state index in [1.807, 2.05) is 31.3 Å². The Kier molecular flexibility index (Phi) is 3.67. The Morgan fingerprint density at radius 3 is 2.84 bits per heavy atom. The van der Waals surface area contributed by atoms with Crippen LogP contribution in [-0.4, -0.2) is 39.6 Å². The summed E-state index contributed by atoms with van der Waals surface area (Å²) in [7, 11) is 0. The third-order valence-electron chi connectivity index (χ3n) is 8.45. The van der Waals surface area contributed by atoms with Crippen molar-refractivity contribution in [3.63, 3.8) is 0 Å². The van der Waals surface area contributed by atoms with Crippen molar-refractivity contribution in [3.05, 3.63) is 58.4 Å². The zero-order valence-electron chi connectivity index (χ0n) is 18.6. The second-order valence-corrected chi connectivity index (χ2v) is 10.2. The number of piperidine rings is 1. The van der Waals surface area contributed by atoms with Crippen LogP contribution in [0.15, 0.2) is 35.3 Å². The van der Waals surface area contributed by atoms with E-state index in [0.717, 1.165) is 59.5 Å². The molecule has 6 rings (SSSR count). The normalized spacial score (nSPS) is 25.5. The number of nitrogens with one attached hydrogen (secondary N) is 1. The van der Waals surface area contributed by atoms with Crippen molar-refractivity contribution >= 4 is 28.8 Å². The maximum atomic E-state index is 13.7. The molecule has 3 aliphatic rings. The number of fused-ring (bicyclic) bond motifs is 6. The SMILES string of the molecule is Cc1nc2cc3c(cc2[nH]1)C[C@@H]1N(C(=O)c2ccc4c(c2)CC=N4)CC[C@]3(C)C1(C)C. The second-order valence-electron chi connectivity index (χ2n) is 10.2. The van der Waals surface area contributed by atoms with Gasteiger partial charge in [0.1, 0.15) is 5.82 Å². The summed E-state index contributed by atoms with van der Waals surface area (Å²) in [6, 6.07) is 10.7. The van der Waals surface area contributed by atoms with Crippen LogP contribution in [0.4, 0.5) is 5.69 Å². The summed E-state index contributed by atoms with van der Waals surface area (Å²) >= 11 is 0. The molecule has 5 heteroatoms. The predicted octanol–water partition coefficient (Wildman–Crippen LogP) is 4.88. The minimum atomic E-state index is -0.0349. The van der Waals surface area contributed by atoms with Crippen LogP contribution >= 0.6 is 0 Å². The Morgan fingerprint density at radius 2 is 2.00 bits per heavy atom. The molecule has 1 amide bonds. The summed E-state index contributed by atoms with van der Waals surface area (Å²) in [5.41, 5.74) is 7.81. The molecular weight excluding hydrogens is 384 g/mol. The molecule has 5 nitrogen and oxygen atoms in total. The zero-order valence-corrected chi connectivity index (χ0v) is 18.6. The number of aromatic amines is 1. The van der Waals surface area contributed by atoms with Crippen LogP contribution in [0.2, 0.25) is 0 Å². The van der Waals surface area contributed by atoms with Gasteiger partial charge in [-0.1, -0.05) is 20.8 Å². The number of nitrogens with zero attached hydrogens (tertiary/aromatic N) is 3. The van der Waals surface area contributed by atoms with Crippen molar-refractivity contribution < 1.29 is 4.79 Å². The first-order valence-electron chi connectivity index (χ1n) is 11.2. The molecule has 0 unspecified atom stereocenters. The summed E-state index contributed by atoms with van der Waals surface area (Å²) in [6.45, 7) is 9.87. The molecule has 3 aromatic rings. The van der Waals surface area contributed by atoms with Gasteiger partial charge in [-0.05, 0) is 72.2 Å². The van der Waals surface area contributed by atoms with Gasteiger partial charge in [-0.25, -0.2) is 4.98 Å². The number of benzene rings is 2. The van der Waals surface area contributed by atoms with Crippen molar-refractivity contribution in [1.82, 2.24) is 14.9 Å². The molecule has 1 aromatic heterocycles. The topological polar surface area (TPSA) is 61.4 Å². The van der Waals surface area contributed by atoms with E-state index in [1.165, 1.54) is 11.1 Å². The highest BCUT2D eigenvalue weighted by molar-refractivity contribution is 5.96. The molecule has 2 aliphatic heterocycles. The summed E-state index contributed by atoms with van der Waals surface area (Å²) in [5, 5.41) is 0. The van der Waals surface area contributed by atoms with Crippen LogP contribution in [0.1, 0.15) is 60.1 Å². The van der Waals surface area contributed by atoms with E-state index in [1.54, 1.807) is 0 Å². The summed E-state index contributed by atoms with van der Waals surface area (Å²) in [4.78, 5) is 28.3. The van der Waals surface area contributed by atoms with Crippen LogP contribution in [0.3, 0.4) is 0 Å². The largest absolute Gasteiger partial charge is 0.342 e. The van der Waals surface area contributed by atoms with Gasteiger partial charge >= 0.3 is 0 Å². The number of rotatable bonds is 1. The third-order valence-corrected chi connectivity index (χ3v) is 8.45. The molecule has 3 heterocycles. The quantitative estimate of drug-likeness (QED) is 0.619. The number of carbonyl (C=O) groups excluding carboxylic acids is 1. The van der Waals surface area contributed by atoms with Gasteiger partial charge in [0.15, 0.2) is 0 Å². The summed E-state index contributed by atoms with van der Waals surface area (Å²) < 4.78 is 0. The number of aromatic nitrogens is 2. The average Bonchev–Trinajstić information content (AvgIpc) is 3.33. The molecule has 2 atom stereocenters. The molecule has 2 aromatic carbocycles. The first-order valence-corrected chi connectivity index (χ1v) is 11.2. The van der Waals surface area contributed by atoms with E-state index >= 15 is 0 Å². The lowest BCUT2D eigenvalue weighted by Crippen LogP contribution is -2.64. The van der Waals surface area contributed by atoms with Crippen LogP contribution in [0.5, 0.6) is 0 Å². The van der Waals surface area contributed by atoms with Crippen molar-refractivity contribution in [1.29, 1.82) is 0 Å². The van der Waals surface area contributed by atoms with E-state index in [4.69, 9.17) is 0 Å². The van der Waals surface area contributed by atoms with Gasteiger partial charge < -0.3 is 9.88 Å². The highest BCUT2D eigenvalue weighted by atomic mass is 16.2. The Balaban J connectivity index is 1.43. The maximum Gasteiger partial charge on any atom is 0.254 e. The van der Waals surface area contributed by atoms with E-state index < -0.39 is 0 Å². The number of likely N-dealkylation sites (tertiary alicyclic amines) is 1. The average molecular weight is 413 g/mol. The van der Waals surface area contributed by atoms with Gasteiger partial charge in [0.05, 0.1) is 16.7 Å². The summed E-state index contributed by atoms with van der Waals surface area (Å²) in [6.07, 6.45) is 4.57. The number of aliphatic imine (C=N–C) groups is 1. The Labute approximate surface area is 182 Å². The van der Waals surface area contributed by atoms with Crippen LogP contribution in [-0.2, 0) is 18.3 Å². The first kappa shape index (κ1) is 18.8. The molecule has 0 radical (unpaired) electrons. The minimum Gasteiger partial charge on any atom is -0.342 e. The molecule has 1 N–H and O–H groups in total. The molecule has 0 saturated carbocycles. The van der Waals surface area contributed by atoms with Crippen LogP contribution < -0.4 is 0 Å². The molecule has 1 aliphatic carbocycles. The van der Waals surface area contributed by atoms with Gasteiger partial charge in [0, 0.05) is 36.2 Å². The van der Waals surface area contributed by atoms with Gasteiger partial charge in [-0.2, -0.15) is 0 Å². The molecule has 0 spiro atoms. The number of amides is 1. The van der Waals surface area contributed by atoms with Crippen LogP contribution in [0.25, 0.3) is 11.0 Å². The molecule has 1 saturated heterocycles. The number of carbonyl (C=O) groups is 1.